The fourth-order valence-electron chi connectivity index (χ4n) is 3.38. The van der Waals surface area contributed by atoms with Crippen LogP contribution in [-0.4, -0.2) is 30.1 Å². The number of nitrogens with one attached hydrogen (secondary N) is 1. The Labute approximate surface area is 133 Å². The lowest BCUT2D eigenvalue weighted by Crippen LogP contribution is -2.56. The standard InChI is InChI=1S/C16H29ClN2S/c1-6-16(7-2,19(9-4)10-5)15(18-8-3)14-13(17)11-12-20-14/h11-12,15,18H,6-10H2,1-5H3. The molecule has 0 bridgehead atoms. The van der Waals surface area contributed by atoms with Crippen molar-refractivity contribution in [1.29, 1.82) is 0 Å². The molecule has 0 aliphatic carbocycles. The topological polar surface area (TPSA) is 15.3 Å². The van der Waals surface area contributed by atoms with Gasteiger partial charge in [-0.25, -0.2) is 0 Å². The molecule has 4 heteroatoms. The van der Waals surface area contributed by atoms with Crippen LogP contribution in [0.15, 0.2) is 11.4 Å². The average Bonchev–Trinajstić information content (AvgIpc) is 2.89. The van der Waals surface area contributed by atoms with Gasteiger partial charge in [-0.2, -0.15) is 0 Å². The van der Waals surface area contributed by atoms with E-state index in [0.29, 0.717) is 6.04 Å². The molecular formula is C16H29ClN2S. The van der Waals surface area contributed by atoms with Crippen LogP contribution in [0.4, 0.5) is 0 Å². The summed E-state index contributed by atoms with van der Waals surface area (Å²) in [7, 11) is 0. The van der Waals surface area contributed by atoms with E-state index in [1.165, 1.54) is 4.88 Å². The number of thiophene rings is 1. The molecule has 0 amide bonds. The van der Waals surface area contributed by atoms with Crippen LogP contribution in [-0.2, 0) is 0 Å². The summed E-state index contributed by atoms with van der Waals surface area (Å²) >= 11 is 8.21. The molecule has 0 aliphatic heterocycles. The molecule has 1 heterocycles. The van der Waals surface area contributed by atoms with E-state index in [9.17, 15) is 0 Å². The van der Waals surface area contributed by atoms with Crippen LogP contribution in [0, 0.1) is 0 Å². The van der Waals surface area contributed by atoms with E-state index >= 15 is 0 Å². The van der Waals surface area contributed by atoms with Crippen molar-refractivity contribution in [3.8, 4) is 0 Å². The highest BCUT2D eigenvalue weighted by molar-refractivity contribution is 7.10. The zero-order valence-electron chi connectivity index (χ0n) is 13.5. The summed E-state index contributed by atoms with van der Waals surface area (Å²) in [5, 5.41) is 6.70. The second kappa shape index (κ2) is 8.38. The monoisotopic (exact) mass is 316 g/mol. The molecular weight excluding hydrogens is 288 g/mol. The molecule has 1 rings (SSSR count). The Bertz CT molecular complexity index is 384. The maximum Gasteiger partial charge on any atom is 0.0616 e. The predicted octanol–water partition coefficient (Wildman–Crippen LogP) is 4.95. The molecule has 1 aromatic rings. The highest BCUT2D eigenvalue weighted by Gasteiger charge is 2.41. The number of hydrogen-bond acceptors (Lipinski definition) is 3. The minimum Gasteiger partial charge on any atom is -0.308 e. The van der Waals surface area contributed by atoms with Crippen molar-refractivity contribution < 1.29 is 0 Å². The summed E-state index contributed by atoms with van der Waals surface area (Å²) in [5.74, 6) is 0. The molecule has 1 unspecified atom stereocenters. The number of likely N-dealkylation sites (N-methyl/N-ethyl adjacent to an activating group) is 2. The van der Waals surface area contributed by atoms with E-state index in [-0.39, 0.29) is 5.54 Å². The van der Waals surface area contributed by atoms with Gasteiger partial charge in [-0.05, 0) is 43.9 Å². The number of halogens is 1. The van der Waals surface area contributed by atoms with Gasteiger partial charge in [-0.3, -0.25) is 4.90 Å². The Morgan fingerprint density at radius 3 is 2.15 bits per heavy atom. The first-order valence-corrected chi connectivity index (χ1v) is 9.08. The van der Waals surface area contributed by atoms with Gasteiger partial charge >= 0.3 is 0 Å². The van der Waals surface area contributed by atoms with Crippen molar-refractivity contribution in [2.45, 2.75) is 59.0 Å². The lowest BCUT2D eigenvalue weighted by molar-refractivity contribution is 0.0505. The Morgan fingerprint density at radius 2 is 1.80 bits per heavy atom. The third-order valence-corrected chi connectivity index (χ3v) is 5.89. The first-order chi connectivity index (χ1) is 9.61. The minimum absolute atomic E-state index is 0.133. The van der Waals surface area contributed by atoms with Crippen molar-refractivity contribution in [2.75, 3.05) is 19.6 Å². The maximum absolute atomic E-state index is 6.43. The van der Waals surface area contributed by atoms with Gasteiger partial charge in [0.1, 0.15) is 0 Å². The molecule has 0 spiro atoms. The summed E-state index contributed by atoms with van der Waals surface area (Å²) in [4.78, 5) is 3.88. The Balaban J connectivity index is 3.28. The fraction of sp³-hybridized carbons (Fsp3) is 0.750. The van der Waals surface area contributed by atoms with E-state index in [1.54, 1.807) is 11.3 Å². The van der Waals surface area contributed by atoms with Crippen molar-refractivity contribution in [2.24, 2.45) is 0 Å². The van der Waals surface area contributed by atoms with Gasteiger partial charge in [0.2, 0.25) is 0 Å². The quantitative estimate of drug-likeness (QED) is 0.693. The van der Waals surface area contributed by atoms with Gasteiger partial charge in [-0.15, -0.1) is 11.3 Å². The van der Waals surface area contributed by atoms with Crippen molar-refractivity contribution in [3.05, 3.63) is 21.3 Å². The van der Waals surface area contributed by atoms with Crippen LogP contribution in [0.3, 0.4) is 0 Å². The van der Waals surface area contributed by atoms with Gasteiger partial charge < -0.3 is 5.32 Å². The summed E-state index contributed by atoms with van der Waals surface area (Å²) in [6.07, 6.45) is 2.24. The molecule has 0 radical (unpaired) electrons. The summed E-state index contributed by atoms with van der Waals surface area (Å²) in [6.45, 7) is 14.4. The number of rotatable bonds is 9. The van der Waals surface area contributed by atoms with Crippen LogP contribution in [0.25, 0.3) is 0 Å². The van der Waals surface area contributed by atoms with Gasteiger partial charge in [0.25, 0.3) is 0 Å². The van der Waals surface area contributed by atoms with Crippen LogP contribution in [0.2, 0.25) is 5.02 Å². The van der Waals surface area contributed by atoms with Gasteiger partial charge in [0.05, 0.1) is 11.1 Å². The van der Waals surface area contributed by atoms with E-state index in [1.807, 2.05) is 6.07 Å². The van der Waals surface area contributed by atoms with Crippen LogP contribution >= 0.6 is 22.9 Å². The molecule has 0 fully saturated rings. The van der Waals surface area contributed by atoms with Crippen molar-refractivity contribution in [1.82, 2.24) is 10.2 Å². The van der Waals surface area contributed by atoms with Crippen LogP contribution in [0.5, 0.6) is 0 Å². The molecule has 2 nitrogen and oxygen atoms in total. The fourth-order valence-corrected chi connectivity index (χ4v) is 4.73. The lowest BCUT2D eigenvalue weighted by atomic mass is 9.81. The molecule has 1 atom stereocenters. The number of hydrogen-bond donors (Lipinski definition) is 1. The molecule has 0 saturated carbocycles. The Kier molecular flexibility index (Phi) is 7.52. The SMILES string of the molecule is CCNC(c1sccc1Cl)C(CC)(CC)N(CC)CC. The zero-order valence-corrected chi connectivity index (χ0v) is 15.1. The molecule has 0 saturated heterocycles. The highest BCUT2D eigenvalue weighted by Crippen LogP contribution is 2.42. The largest absolute Gasteiger partial charge is 0.308 e. The summed E-state index contributed by atoms with van der Waals surface area (Å²) < 4.78 is 0. The average molecular weight is 317 g/mol. The molecule has 20 heavy (non-hydrogen) atoms. The van der Waals surface area contributed by atoms with Crippen molar-refractivity contribution >= 4 is 22.9 Å². The van der Waals surface area contributed by atoms with Gasteiger partial charge in [-0.1, -0.05) is 46.2 Å². The first kappa shape index (κ1) is 18.0. The maximum atomic E-state index is 6.43. The zero-order chi connectivity index (χ0) is 15.2. The third kappa shape index (κ3) is 3.38. The van der Waals surface area contributed by atoms with Gasteiger partial charge in [0, 0.05) is 10.4 Å². The van der Waals surface area contributed by atoms with Gasteiger partial charge in [0.15, 0.2) is 0 Å². The number of nitrogens with zero attached hydrogens (tertiary/aromatic N) is 1. The van der Waals surface area contributed by atoms with Crippen molar-refractivity contribution in [3.63, 3.8) is 0 Å². The van der Waals surface area contributed by atoms with E-state index < -0.39 is 0 Å². The molecule has 1 aromatic heterocycles. The van der Waals surface area contributed by atoms with E-state index in [0.717, 1.165) is 37.5 Å². The van der Waals surface area contributed by atoms with Crippen LogP contribution < -0.4 is 5.32 Å². The second-order valence-electron chi connectivity index (χ2n) is 5.11. The molecule has 0 aliphatic rings. The molecule has 0 aromatic carbocycles. The Hall–Kier alpha value is -0.0900. The lowest BCUT2D eigenvalue weighted by Gasteiger charge is -2.48. The smallest absolute Gasteiger partial charge is 0.0616 e. The second-order valence-corrected chi connectivity index (χ2v) is 6.46. The Morgan fingerprint density at radius 1 is 1.20 bits per heavy atom. The first-order valence-electron chi connectivity index (χ1n) is 7.82. The minimum atomic E-state index is 0.133. The molecule has 116 valence electrons. The van der Waals surface area contributed by atoms with E-state index in [4.69, 9.17) is 11.6 Å². The predicted molar refractivity (Wildman–Crippen MR) is 92.0 cm³/mol. The normalized spacial score (nSPS) is 13.9. The van der Waals surface area contributed by atoms with E-state index in [2.05, 4.69) is 50.2 Å². The third-order valence-electron chi connectivity index (χ3n) is 4.47. The molecule has 1 N–H and O–H groups in total. The van der Waals surface area contributed by atoms with Crippen LogP contribution in [0.1, 0.15) is 58.4 Å². The summed E-state index contributed by atoms with van der Waals surface area (Å²) in [5.41, 5.74) is 0.133. The highest BCUT2D eigenvalue weighted by atomic mass is 35.5. The summed E-state index contributed by atoms with van der Waals surface area (Å²) in [6, 6.07) is 2.32.